The first kappa shape index (κ1) is 11.4. The van der Waals surface area contributed by atoms with Crippen molar-refractivity contribution in [3.05, 3.63) is 11.6 Å². The van der Waals surface area contributed by atoms with E-state index in [4.69, 9.17) is 9.47 Å². The van der Waals surface area contributed by atoms with Crippen molar-refractivity contribution in [3.63, 3.8) is 0 Å². The molecule has 1 N–H and O–H groups in total. The predicted molar refractivity (Wildman–Crippen MR) is 67.2 cm³/mol. The van der Waals surface area contributed by atoms with Crippen molar-refractivity contribution < 1.29 is 14.6 Å². The fraction of sp³-hybridized carbons (Fsp3) is 0.867. The fourth-order valence-electron chi connectivity index (χ4n) is 4.99. The second-order valence-corrected chi connectivity index (χ2v) is 6.92. The molecule has 100 valence electrons. The molecule has 2 heterocycles. The molecular formula is C15H22O3. The Morgan fingerprint density at radius 2 is 2.22 bits per heavy atom. The summed E-state index contributed by atoms with van der Waals surface area (Å²) in [5.41, 5.74) is 1.28. The molecule has 2 bridgehead atoms. The first-order valence-corrected chi connectivity index (χ1v) is 7.16. The summed E-state index contributed by atoms with van der Waals surface area (Å²) in [6.07, 6.45) is 6.91. The summed E-state index contributed by atoms with van der Waals surface area (Å²) >= 11 is 0. The minimum Gasteiger partial charge on any atom is -0.396 e. The van der Waals surface area contributed by atoms with E-state index in [-0.39, 0.29) is 35.2 Å². The second kappa shape index (κ2) is 3.20. The molecule has 0 unspecified atom stereocenters. The third-order valence-electron chi connectivity index (χ3n) is 6.45. The van der Waals surface area contributed by atoms with E-state index in [0.717, 1.165) is 32.3 Å². The van der Waals surface area contributed by atoms with Gasteiger partial charge in [0.05, 0.1) is 25.4 Å². The first-order chi connectivity index (χ1) is 8.58. The summed E-state index contributed by atoms with van der Waals surface area (Å²) in [7, 11) is 0. The molecule has 0 radical (unpaired) electrons. The summed E-state index contributed by atoms with van der Waals surface area (Å²) in [5.74, 6) is 0. The highest BCUT2D eigenvalue weighted by molar-refractivity contribution is 5.30. The van der Waals surface area contributed by atoms with Gasteiger partial charge >= 0.3 is 0 Å². The van der Waals surface area contributed by atoms with E-state index in [1.165, 1.54) is 5.57 Å². The lowest BCUT2D eigenvalue weighted by Crippen LogP contribution is -2.63. The molecule has 4 rings (SSSR count). The van der Waals surface area contributed by atoms with Gasteiger partial charge in [-0.25, -0.2) is 0 Å². The number of allylic oxidation sites excluding steroid dienone is 1. The Morgan fingerprint density at radius 1 is 1.44 bits per heavy atom. The summed E-state index contributed by atoms with van der Waals surface area (Å²) in [6, 6.07) is 0. The largest absolute Gasteiger partial charge is 0.396 e. The lowest BCUT2D eigenvalue weighted by atomic mass is 9.52. The van der Waals surface area contributed by atoms with Crippen LogP contribution in [0.4, 0.5) is 0 Å². The lowest BCUT2D eigenvalue weighted by molar-refractivity contribution is -0.211. The molecule has 2 aliphatic heterocycles. The molecule has 2 saturated heterocycles. The Hall–Kier alpha value is -0.380. The molecule has 18 heavy (non-hydrogen) atoms. The van der Waals surface area contributed by atoms with Crippen LogP contribution >= 0.6 is 0 Å². The molecule has 0 aromatic heterocycles. The van der Waals surface area contributed by atoms with E-state index in [9.17, 15) is 5.11 Å². The molecule has 3 nitrogen and oxygen atoms in total. The molecular weight excluding hydrogens is 228 g/mol. The number of hydrogen-bond acceptors (Lipinski definition) is 3. The van der Waals surface area contributed by atoms with Gasteiger partial charge in [0.1, 0.15) is 5.60 Å². The van der Waals surface area contributed by atoms with Crippen molar-refractivity contribution in [3.8, 4) is 0 Å². The van der Waals surface area contributed by atoms with Gasteiger partial charge in [0.15, 0.2) is 0 Å². The zero-order chi connectivity index (χ0) is 12.6. The van der Waals surface area contributed by atoms with Crippen LogP contribution in [-0.4, -0.2) is 36.1 Å². The number of ether oxygens (including phenoxy) is 2. The Bertz CT molecular complexity index is 425. The molecule has 4 aliphatic rings. The quantitative estimate of drug-likeness (QED) is 0.572. The highest BCUT2D eigenvalue weighted by atomic mass is 16.6. The average molecular weight is 250 g/mol. The highest BCUT2D eigenvalue weighted by Crippen LogP contribution is 2.71. The normalized spacial score (nSPS) is 57.4. The minimum atomic E-state index is -0.129. The lowest BCUT2D eigenvalue weighted by Gasteiger charge is -2.57. The van der Waals surface area contributed by atoms with Crippen LogP contribution in [0.5, 0.6) is 0 Å². The van der Waals surface area contributed by atoms with Crippen molar-refractivity contribution >= 4 is 0 Å². The Balaban J connectivity index is 1.86. The zero-order valence-corrected chi connectivity index (χ0v) is 11.2. The van der Waals surface area contributed by atoms with Crippen molar-refractivity contribution in [2.24, 2.45) is 10.8 Å². The molecule has 1 saturated carbocycles. The number of aliphatic hydroxyl groups excluding tert-OH is 1. The van der Waals surface area contributed by atoms with Crippen LogP contribution in [0.2, 0.25) is 0 Å². The van der Waals surface area contributed by atoms with Crippen molar-refractivity contribution in [1.29, 1.82) is 0 Å². The maximum Gasteiger partial charge on any atom is 0.124 e. The van der Waals surface area contributed by atoms with Gasteiger partial charge in [0, 0.05) is 10.8 Å². The monoisotopic (exact) mass is 250 g/mol. The summed E-state index contributed by atoms with van der Waals surface area (Å²) in [6.45, 7) is 5.55. The predicted octanol–water partition coefficient (Wildman–Crippen LogP) is 2.04. The Morgan fingerprint density at radius 3 is 2.89 bits per heavy atom. The van der Waals surface area contributed by atoms with E-state index in [2.05, 4.69) is 19.9 Å². The van der Waals surface area contributed by atoms with Crippen LogP contribution in [0.25, 0.3) is 0 Å². The van der Waals surface area contributed by atoms with Crippen molar-refractivity contribution in [1.82, 2.24) is 0 Å². The first-order valence-electron chi connectivity index (χ1n) is 7.16. The maximum absolute atomic E-state index is 10.1. The van der Waals surface area contributed by atoms with E-state index < -0.39 is 0 Å². The number of aliphatic hydroxyl groups is 1. The van der Waals surface area contributed by atoms with Gasteiger partial charge in [0.25, 0.3) is 0 Å². The molecule has 1 spiro atoms. The van der Waals surface area contributed by atoms with E-state index in [1.807, 2.05) is 0 Å². The van der Waals surface area contributed by atoms with Gasteiger partial charge in [-0.2, -0.15) is 0 Å². The molecule has 3 heteroatoms. The number of epoxide rings is 1. The van der Waals surface area contributed by atoms with E-state index >= 15 is 0 Å². The van der Waals surface area contributed by atoms with Crippen molar-refractivity contribution in [2.75, 3.05) is 13.2 Å². The molecule has 0 aromatic rings. The van der Waals surface area contributed by atoms with Crippen LogP contribution < -0.4 is 0 Å². The van der Waals surface area contributed by atoms with Gasteiger partial charge in [-0.05, 0) is 32.6 Å². The van der Waals surface area contributed by atoms with Gasteiger partial charge < -0.3 is 14.6 Å². The van der Waals surface area contributed by atoms with Gasteiger partial charge in [-0.3, -0.25) is 0 Å². The third kappa shape index (κ3) is 1.01. The van der Waals surface area contributed by atoms with Crippen LogP contribution in [-0.2, 0) is 9.47 Å². The standard InChI is InChI=1S/C15H22O3/c1-10-3-6-14(8-16)12(7-10)18-11-4-5-13(14,2)15(11)9-17-15/h7,11-12,16H,3-6,8-9H2,1-2H3/t11-,12-,13-,14-,15+/m1/s1. The van der Waals surface area contributed by atoms with Crippen molar-refractivity contribution in [2.45, 2.75) is 57.3 Å². The highest BCUT2D eigenvalue weighted by Gasteiger charge is 2.78. The molecule has 3 fully saturated rings. The number of rotatable bonds is 1. The summed E-state index contributed by atoms with van der Waals surface area (Å²) < 4.78 is 12.2. The van der Waals surface area contributed by atoms with Gasteiger partial charge in [-0.15, -0.1) is 0 Å². The molecule has 0 amide bonds. The fourth-order valence-corrected chi connectivity index (χ4v) is 4.99. The summed E-state index contributed by atoms with van der Waals surface area (Å²) in [4.78, 5) is 0. The molecule has 5 atom stereocenters. The smallest absolute Gasteiger partial charge is 0.124 e. The van der Waals surface area contributed by atoms with Crippen LogP contribution in [0.15, 0.2) is 11.6 Å². The average Bonchev–Trinajstić information content (AvgIpc) is 3.11. The van der Waals surface area contributed by atoms with E-state index in [0.29, 0.717) is 0 Å². The SMILES string of the molecule is CC1=C[C@H]2O[C@@H]3CC[C@](C)([C@@]2(CO)CC1)[C@]31CO1. The van der Waals surface area contributed by atoms with Crippen LogP contribution in [0.1, 0.15) is 39.5 Å². The summed E-state index contributed by atoms with van der Waals surface area (Å²) in [5, 5.41) is 10.1. The van der Waals surface area contributed by atoms with E-state index in [1.54, 1.807) is 0 Å². The third-order valence-corrected chi connectivity index (χ3v) is 6.45. The Labute approximate surface area is 108 Å². The maximum atomic E-state index is 10.1. The Kier molecular flexibility index (Phi) is 2.03. The number of fused-ring (bicyclic) bond motifs is 2. The van der Waals surface area contributed by atoms with Gasteiger partial charge in [0.2, 0.25) is 0 Å². The topological polar surface area (TPSA) is 42.0 Å². The molecule has 2 aliphatic carbocycles. The van der Waals surface area contributed by atoms with Gasteiger partial charge in [-0.1, -0.05) is 18.6 Å². The molecule has 0 aromatic carbocycles. The van der Waals surface area contributed by atoms with Crippen LogP contribution in [0, 0.1) is 10.8 Å². The van der Waals surface area contributed by atoms with Crippen LogP contribution in [0.3, 0.4) is 0 Å². The minimum absolute atomic E-state index is 0.0781. The second-order valence-electron chi connectivity index (χ2n) is 6.92. The number of hydrogen-bond donors (Lipinski definition) is 1. The zero-order valence-electron chi connectivity index (χ0n) is 11.2.